The topological polar surface area (TPSA) is 89.0 Å². The molecule has 1 N–H and O–H groups in total. The number of hydrogen-bond donors (Lipinski definition) is 1. The number of benzene rings is 3. The summed E-state index contributed by atoms with van der Waals surface area (Å²) in [4.78, 5) is 33.0. The summed E-state index contributed by atoms with van der Waals surface area (Å²) in [5, 5.41) is 12.7. The number of carbonyl (C=O) groups excluding carboxylic acids is 2. The normalized spacial score (nSPS) is 16.8. The van der Waals surface area contributed by atoms with E-state index in [0.717, 1.165) is 11.1 Å². The van der Waals surface area contributed by atoms with Crippen LogP contribution >= 0.6 is 34.5 Å². The second-order valence-electron chi connectivity index (χ2n) is 9.73. The third kappa shape index (κ3) is 5.39. The Balaban J connectivity index is 1.66. The summed E-state index contributed by atoms with van der Waals surface area (Å²) in [5.41, 5.74) is 1.46. The first kappa shape index (κ1) is 28.0. The number of aliphatic hydroxyl groups is 1. The molecule has 1 aliphatic heterocycles. The molecule has 2 heterocycles. The Bertz CT molecular complexity index is 1630. The minimum Gasteiger partial charge on any atom is -0.507 e. The van der Waals surface area contributed by atoms with Crippen LogP contribution in [0.3, 0.4) is 0 Å². The number of nitrogens with zero attached hydrogens (tertiary/aromatic N) is 2. The number of methoxy groups -OCH3 is 1. The molecule has 7 nitrogen and oxygen atoms in total. The van der Waals surface area contributed by atoms with Crippen molar-refractivity contribution >= 4 is 67.3 Å². The van der Waals surface area contributed by atoms with Gasteiger partial charge in [-0.05, 0) is 72.5 Å². The Morgan fingerprint density at radius 3 is 2.45 bits per heavy atom. The van der Waals surface area contributed by atoms with Crippen molar-refractivity contribution in [3.8, 4) is 11.5 Å². The van der Waals surface area contributed by atoms with Gasteiger partial charge in [-0.1, -0.05) is 54.5 Å². The molecule has 1 saturated heterocycles. The fourth-order valence-corrected chi connectivity index (χ4v) is 5.87. The van der Waals surface area contributed by atoms with Gasteiger partial charge in [0, 0.05) is 15.6 Å². The monoisotopic (exact) mass is 596 g/mol. The van der Waals surface area contributed by atoms with Gasteiger partial charge in [-0.25, -0.2) is 4.98 Å². The van der Waals surface area contributed by atoms with Gasteiger partial charge in [-0.15, -0.1) is 0 Å². The summed E-state index contributed by atoms with van der Waals surface area (Å²) < 4.78 is 12.3. The number of rotatable bonds is 8. The van der Waals surface area contributed by atoms with Crippen molar-refractivity contribution < 1.29 is 24.2 Å². The minimum absolute atomic E-state index is 0.0693. The van der Waals surface area contributed by atoms with E-state index < -0.39 is 17.7 Å². The zero-order valence-electron chi connectivity index (χ0n) is 22.0. The summed E-state index contributed by atoms with van der Waals surface area (Å²) in [6.07, 6.45) is 0.869. The summed E-state index contributed by atoms with van der Waals surface area (Å²) in [6.45, 7) is 4.74. The van der Waals surface area contributed by atoms with Crippen molar-refractivity contribution in [1.82, 2.24) is 4.98 Å². The maximum atomic E-state index is 13.6. The zero-order chi connectivity index (χ0) is 28.6. The Labute approximate surface area is 245 Å². The molecule has 10 heteroatoms. The molecule has 4 aromatic rings. The van der Waals surface area contributed by atoms with Crippen LogP contribution in [-0.4, -0.2) is 35.5 Å². The minimum atomic E-state index is -0.981. The van der Waals surface area contributed by atoms with E-state index in [1.807, 2.05) is 0 Å². The highest BCUT2D eigenvalue weighted by Gasteiger charge is 2.48. The summed E-state index contributed by atoms with van der Waals surface area (Å²) >= 11 is 13.4. The molecule has 3 aromatic carbocycles. The number of ketones is 1. The lowest BCUT2D eigenvalue weighted by Gasteiger charge is -2.24. The Hall–Kier alpha value is -3.59. The molecule has 1 atom stereocenters. The number of carbonyl (C=O) groups is 2. The lowest BCUT2D eigenvalue weighted by molar-refractivity contribution is -0.132. The van der Waals surface area contributed by atoms with Gasteiger partial charge in [0.1, 0.15) is 5.76 Å². The lowest BCUT2D eigenvalue weighted by Crippen LogP contribution is -2.29. The fourth-order valence-electron chi connectivity index (χ4n) is 4.48. The van der Waals surface area contributed by atoms with Crippen LogP contribution in [0.1, 0.15) is 37.4 Å². The van der Waals surface area contributed by atoms with Crippen molar-refractivity contribution in [3.63, 3.8) is 0 Å². The molecule has 1 aliphatic rings. The van der Waals surface area contributed by atoms with Crippen molar-refractivity contribution in [3.05, 3.63) is 87.4 Å². The van der Waals surface area contributed by atoms with E-state index in [9.17, 15) is 14.7 Å². The molecule has 40 heavy (non-hydrogen) atoms. The molecule has 0 saturated carbocycles. The maximum Gasteiger partial charge on any atom is 0.301 e. The number of fused-ring (bicyclic) bond motifs is 1. The first-order valence-corrected chi connectivity index (χ1v) is 14.2. The predicted octanol–water partition coefficient (Wildman–Crippen LogP) is 7.66. The quantitative estimate of drug-likeness (QED) is 0.127. The average molecular weight is 598 g/mol. The van der Waals surface area contributed by atoms with E-state index in [-0.39, 0.29) is 11.3 Å². The second kappa shape index (κ2) is 11.5. The number of Topliss-reactive ketones (excluding diaryl/α,β-unsaturated/α-hetero) is 1. The molecule has 1 aromatic heterocycles. The molecule has 0 radical (unpaired) electrons. The van der Waals surface area contributed by atoms with Gasteiger partial charge >= 0.3 is 5.91 Å². The summed E-state index contributed by atoms with van der Waals surface area (Å²) in [7, 11) is 1.52. The van der Waals surface area contributed by atoms with Crippen LogP contribution in [0.4, 0.5) is 5.13 Å². The largest absolute Gasteiger partial charge is 0.507 e. The van der Waals surface area contributed by atoms with E-state index in [1.165, 1.54) is 23.3 Å². The van der Waals surface area contributed by atoms with Gasteiger partial charge in [-0.2, -0.15) is 0 Å². The van der Waals surface area contributed by atoms with E-state index >= 15 is 0 Å². The van der Waals surface area contributed by atoms with Gasteiger partial charge in [0.25, 0.3) is 5.78 Å². The van der Waals surface area contributed by atoms with Crippen molar-refractivity contribution in [1.29, 1.82) is 0 Å². The summed E-state index contributed by atoms with van der Waals surface area (Å²) in [5.74, 6) is -0.497. The Morgan fingerprint density at radius 1 is 1.02 bits per heavy atom. The molecule has 5 rings (SSSR count). The van der Waals surface area contributed by atoms with Crippen LogP contribution in [-0.2, 0) is 9.59 Å². The van der Waals surface area contributed by atoms with Gasteiger partial charge in [-0.3, -0.25) is 14.5 Å². The van der Waals surface area contributed by atoms with Gasteiger partial charge < -0.3 is 14.6 Å². The van der Waals surface area contributed by atoms with Crippen molar-refractivity contribution in [2.24, 2.45) is 5.92 Å². The molecule has 0 aliphatic carbocycles. The van der Waals surface area contributed by atoms with Crippen LogP contribution in [0.25, 0.3) is 16.0 Å². The maximum absolute atomic E-state index is 13.6. The summed E-state index contributed by atoms with van der Waals surface area (Å²) in [6, 6.07) is 15.8. The van der Waals surface area contributed by atoms with Crippen LogP contribution in [0, 0.1) is 5.92 Å². The number of aliphatic hydroxyl groups excluding tert-OH is 1. The van der Waals surface area contributed by atoms with E-state index in [4.69, 9.17) is 32.7 Å². The van der Waals surface area contributed by atoms with Crippen LogP contribution < -0.4 is 14.4 Å². The molecule has 1 unspecified atom stereocenters. The fraction of sp³-hybridized carbons (Fsp3) is 0.233. The van der Waals surface area contributed by atoms with E-state index in [0.29, 0.717) is 55.8 Å². The smallest absolute Gasteiger partial charge is 0.301 e. The van der Waals surface area contributed by atoms with Gasteiger partial charge in [0.15, 0.2) is 16.6 Å². The van der Waals surface area contributed by atoms with Crippen molar-refractivity contribution in [2.45, 2.75) is 26.3 Å². The Morgan fingerprint density at radius 2 is 1.75 bits per heavy atom. The SMILES string of the molecule is COc1cc(C2C(=C(O)c3ccc(Cl)cc3)C(=O)C(=O)N2c2nc3ccc(Cl)cc3s2)ccc1OCCC(C)C. The van der Waals surface area contributed by atoms with Crippen LogP contribution in [0.5, 0.6) is 11.5 Å². The molecular weight excluding hydrogens is 571 g/mol. The highest BCUT2D eigenvalue weighted by Crippen LogP contribution is 2.46. The van der Waals surface area contributed by atoms with Crippen LogP contribution in [0.15, 0.2) is 66.2 Å². The number of amides is 1. The lowest BCUT2D eigenvalue weighted by atomic mass is 9.95. The van der Waals surface area contributed by atoms with Gasteiger partial charge in [0.05, 0.1) is 35.5 Å². The standard InChI is InChI=1S/C30H26Cl2N2O5S/c1-16(2)12-13-39-22-11-6-18(14-23(22)38-3)26-25(27(35)17-4-7-19(31)8-5-17)28(36)29(37)34(26)30-33-21-10-9-20(32)15-24(21)40-30/h4-11,14-16,26,35H,12-13H2,1-3H3. The highest BCUT2D eigenvalue weighted by atomic mass is 35.5. The molecule has 206 valence electrons. The number of anilines is 1. The molecule has 1 fully saturated rings. The molecular formula is C30H26Cl2N2O5S. The first-order valence-electron chi connectivity index (χ1n) is 12.6. The number of aromatic nitrogens is 1. The number of ether oxygens (including phenoxy) is 2. The zero-order valence-corrected chi connectivity index (χ0v) is 24.3. The average Bonchev–Trinajstić information content (AvgIpc) is 3.46. The first-order chi connectivity index (χ1) is 19.2. The van der Waals surface area contributed by atoms with Crippen molar-refractivity contribution in [2.75, 3.05) is 18.6 Å². The third-order valence-electron chi connectivity index (χ3n) is 6.56. The number of hydrogen-bond acceptors (Lipinski definition) is 7. The molecule has 0 spiro atoms. The molecule has 0 bridgehead atoms. The van der Waals surface area contributed by atoms with E-state index in [2.05, 4.69) is 18.8 Å². The van der Waals surface area contributed by atoms with E-state index in [1.54, 1.807) is 60.7 Å². The van der Waals surface area contributed by atoms with Gasteiger partial charge in [0.2, 0.25) is 0 Å². The number of thiazole rings is 1. The van der Waals surface area contributed by atoms with Crippen LogP contribution in [0.2, 0.25) is 10.0 Å². The number of halogens is 2. The second-order valence-corrected chi connectivity index (χ2v) is 11.6. The molecule has 1 amide bonds. The Kier molecular flexibility index (Phi) is 8.03. The third-order valence-corrected chi connectivity index (χ3v) is 8.07. The highest BCUT2D eigenvalue weighted by molar-refractivity contribution is 7.22. The predicted molar refractivity (Wildman–Crippen MR) is 159 cm³/mol.